The Hall–Kier alpha value is -2.57. The van der Waals surface area contributed by atoms with E-state index in [0.717, 1.165) is 16.4 Å². The van der Waals surface area contributed by atoms with Gasteiger partial charge in [-0.3, -0.25) is 9.59 Å². The zero-order valence-electron chi connectivity index (χ0n) is 16.6. The van der Waals surface area contributed by atoms with E-state index in [1.54, 1.807) is 6.07 Å². The predicted octanol–water partition coefficient (Wildman–Crippen LogP) is 2.60. The van der Waals surface area contributed by atoms with Crippen LogP contribution < -0.4 is 5.32 Å². The number of carbonyl (C=O) groups excluding carboxylic acids is 2. The SMILES string of the molecule is O=C(NCCC(=O)N1CCN(S(=O)(=O)c2ccc(Cl)c(C(F)(F)F)c2)CC1)c1ccco1. The number of hydrogen-bond acceptors (Lipinski definition) is 5. The summed E-state index contributed by atoms with van der Waals surface area (Å²) in [4.78, 5) is 25.0. The van der Waals surface area contributed by atoms with Gasteiger partial charge in [0.2, 0.25) is 15.9 Å². The first-order valence-corrected chi connectivity index (χ1v) is 11.3. The van der Waals surface area contributed by atoms with Crippen LogP contribution in [0.25, 0.3) is 0 Å². The minimum Gasteiger partial charge on any atom is -0.459 e. The summed E-state index contributed by atoms with van der Waals surface area (Å²) in [5.74, 6) is -0.625. The maximum Gasteiger partial charge on any atom is 0.417 e. The van der Waals surface area contributed by atoms with Crippen molar-refractivity contribution in [3.05, 3.63) is 52.9 Å². The minimum absolute atomic E-state index is 0.00528. The Labute approximate surface area is 187 Å². The first-order chi connectivity index (χ1) is 15.0. The molecule has 3 rings (SSSR count). The number of amides is 2. The third kappa shape index (κ3) is 5.43. The van der Waals surface area contributed by atoms with E-state index in [0.29, 0.717) is 6.07 Å². The van der Waals surface area contributed by atoms with Crippen molar-refractivity contribution >= 4 is 33.4 Å². The third-order valence-corrected chi connectivity index (χ3v) is 7.07. The molecule has 1 N–H and O–H groups in total. The maximum absolute atomic E-state index is 13.1. The Bertz CT molecular complexity index is 1080. The van der Waals surface area contributed by atoms with Crippen LogP contribution in [0.2, 0.25) is 5.02 Å². The van der Waals surface area contributed by atoms with E-state index in [1.807, 2.05) is 0 Å². The van der Waals surface area contributed by atoms with Gasteiger partial charge in [0.15, 0.2) is 5.76 Å². The second kappa shape index (κ2) is 9.51. The Morgan fingerprint density at radius 2 is 1.81 bits per heavy atom. The smallest absolute Gasteiger partial charge is 0.417 e. The number of furan rings is 1. The van der Waals surface area contributed by atoms with E-state index in [9.17, 15) is 31.2 Å². The standard InChI is InChI=1S/C19H19ClF3N3O5S/c20-15-4-3-13(12-14(15)19(21,22)23)32(29,30)26-9-7-25(8-10-26)17(27)5-6-24-18(28)16-2-1-11-31-16/h1-4,11-12H,5-10H2,(H,24,28). The molecule has 0 radical (unpaired) electrons. The second-order valence-electron chi connectivity index (χ2n) is 6.91. The van der Waals surface area contributed by atoms with E-state index in [-0.39, 0.29) is 50.8 Å². The van der Waals surface area contributed by atoms with Crippen LogP contribution in [0.1, 0.15) is 22.5 Å². The number of halogens is 4. The first kappa shape index (κ1) is 24.1. The Kier molecular flexibility index (Phi) is 7.16. The molecular weight excluding hydrogens is 475 g/mol. The fourth-order valence-corrected chi connectivity index (χ4v) is 4.82. The molecule has 0 saturated carbocycles. The Balaban J connectivity index is 1.55. The lowest BCUT2D eigenvalue weighted by Crippen LogP contribution is -2.50. The predicted molar refractivity (Wildman–Crippen MR) is 107 cm³/mol. The van der Waals surface area contributed by atoms with Gasteiger partial charge in [-0.2, -0.15) is 17.5 Å². The lowest BCUT2D eigenvalue weighted by molar-refractivity contribution is -0.137. The first-order valence-electron chi connectivity index (χ1n) is 9.46. The lowest BCUT2D eigenvalue weighted by Gasteiger charge is -2.34. The normalized spacial score (nSPS) is 15.6. The zero-order chi connectivity index (χ0) is 23.5. The number of sulfonamides is 1. The fraction of sp³-hybridized carbons (Fsp3) is 0.368. The van der Waals surface area contributed by atoms with Gasteiger partial charge in [-0.1, -0.05) is 11.6 Å². The Morgan fingerprint density at radius 1 is 1.12 bits per heavy atom. The van der Waals surface area contributed by atoms with Crippen LogP contribution in [-0.4, -0.2) is 62.2 Å². The molecule has 0 aliphatic carbocycles. The van der Waals surface area contributed by atoms with Crippen LogP contribution in [0, 0.1) is 0 Å². The average Bonchev–Trinajstić information content (AvgIpc) is 3.28. The number of hydrogen-bond donors (Lipinski definition) is 1. The van der Waals surface area contributed by atoms with Crippen LogP contribution in [0.4, 0.5) is 13.2 Å². The minimum atomic E-state index is -4.79. The molecule has 1 saturated heterocycles. The lowest BCUT2D eigenvalue weighted by atomic mass is 10.2. The average molecular weight is 494 g/mol. The molecule has 174 valence electrons. The van der Waals surface area contributed by atoms with Crippen molar-refractivity contribution in [1.82, 2.24) is 14.5 Å². The highest BCUT2D eigenvalue weighted by atomic mass is 35.5. The van der Waals surface area contributed by atoms with Crippen molar-refractivity contribution in [3.63, 3.8) is 0 Å². The molecule has 2 heterocycles. The number of nitrogens with one attached hydrogen (secondary N) is 1. The summed E-state index contributed by atoms with van der Waals surface area (Å²) in [6.07, 6.45) is -3.44. The number of alkyl halides is 3. The van der Waals surface area contributed by atoms with Gasteiger partial charge in [0.1, 0.15) is 0 Å². The second-order valence-corrected chi connectivity index (χ2v) is 9.25. The van der Waals surface area contributed by atoms with Crippen LogP contribution in [0.3, 0.4) is 0 Å². The molecule has 1 fully saturated rings. The van der Waals surface area contributed by atoms with Crippen LogP contribution in [0.5, 0.6) is 0 Å². The Morgan fingerprint density at radius 3 is 2.41 bits per heavy atom. The van der Waals surface area contributed by atoms with Crippen molar-refractivity contribution in [1.29, 1.82) is 0 Å². The molecule has 2 amide bonds. The van der Waals surface area contributed by atoms with E-state index in [1.165, 1.54) is 17.2 Å². The molecular formula is C19H19ClF3N3O5S. The maximum atomic E-state index is 13.1. The van der Waals surface area contributed by atoms with Crippen LogP contribution >= 0.6 is 11.6 Å². The van der Waals surface area contributed by atoms with Gasteiger partial charge in [0.25, 0.3) is 5.91 Å². The highest BCUT2D eigenvalue weighted by Gasteiger charge is 2.36. The van der Waals surface area contributed by atoms with Gasteiger partial charge >= 0.3 is 6.18 Å². The molecule has 2 aromatic rings. The summed E-state index contributed by atoms with van der Waals surface area (Å²) >= 11 is 5.56. The van der Waals surface area contributed by atoms with Crippen LogP contribution in [-0.2, 0) is 21.0 Å². The number of benzene rings is 1. The molecule has 0 bridgehead atoms. The van der Waals surface area contributed by atoms with E-state index in [2.05, 4.69) is 5.32 Å². The van der Waals surface area contributed by atoms with E-state index < -0.39 is 37.6 Å². The highest BCUT2D eigenvalue weighted by Crippen LogP contribution is 2.36. The van der Waals surface area contributed by atoms with Gasteiger partial charge in [-0.15, -0.1) is 0 Å². The van der Waals surface area contributed by atoms with Gasteiger partial charge in [0, 0.05) is 39.1 Å². The number of piperazine rings is 1. The third-order valence-electron chi connectivity index (χ3n) is 4.84. The fourth-order valence-electron chi connectivity index (χ4n) is 3.14. The molecule has 8 nitrogen and oxygen atoms in total. The summed E-state index contributed by atoms with van der Waals surface area (Å²) in [5.41, 5.74) is -1.23. The van der Waals surface area contributed by atoms with Crippen molar-refractivity contribution in [2.75, 3.05) is 32.7 Å². The van der Waals surface area contributed by atoms with Crippen LogP contribution in [0.15, 0.2) is 45.9 Å². The number of carbonyl (C=O) groups is 2. The molecule has 32 heavy (non-hydrogen) atoms. The number of rotatable bonds is 6. The summed E-state index contributed by atoms with van der Waals surface area (Å²) in [6, 6.07) is 5.47. The van der Waals surface area contributed by atoms with Gasteiger partial charge in [-0.25, -0.2) is 8.42 Å². The van der Waals surface area contributed by atoms with Gasteiger partial charge in [0.05, 0.1) is 21.7 Å². The molecule has 1 aliphatic rings. The summed E-state index contributed by atoms with van der Waals surface area (Å²) in [5, 5.41) is 1.95. The summed E-state index contributed by atoms with van der Waals surface area (Å²) < 4.78 is 70.7. The molecule has 1 aliphatic heterocycles. The van der Waals surface area contributed by atoms with E-state index >= 15 is 0 Å². The molecule has 13 heteroatoms. The largest absolute Gasteiger partial charge is 0.459 e. The van der Waals surface area contributed by atoms with Gasteiger partial charge < -0.3 is 14.6 Å². The molecule has 0 unspecified atom stereocenters. The highest BCUT2D eigenvalue weighted by molar-refractivity contribution is 7.89. The van der Waals surface area contributed by atoms with E-state index in [4.69, 9.17) is 16.0 Å². The number of nitrogens with zero attached hydrogens (tertiary/aromatic N) is 2. The van der Waals surface area contributed by atoms with Crippen molar-refractivity contribution in [2.45, 2.75) is 17.5 Å². The topological polar surface area (TPSA) is 99.9 Å². The molecule has 0 spiro atoms. The van der Waals surface area contributed by atoms with Gasteiger partial charge in [-0.05, 0) is 30.3 Å². The summed E-state index contributed by atoms with van der Waals surface area (Å²) in [7, 11) is -4.19. The van der Waals surface area contributed by atoms with Crippen molar-refractivity contribution in [3.8, 4) is 0 Å². The molecule has 1 aromatic heterocycles. The van der Waals surface area contributed by atoms with Crippen molar-refractivity contribution in [2.24, 2.45) is 0 Å². The van der Waals surface area contributed by atoms with Crippen molar-refractivity contribution < 1.29 is 35.6 Å². The summed E-state index contributed by atoms with van der Waals surface area (Å²) in [6.45, 7) is 0.0727. The zero-order valence-corrected chi connectivity index (χ0v) is 18.1. The molecule has 1 aromatic carbocycles. The quantitative estimate of drug-likeness (QED) is 0.667. The monoisotopic (exact) mass is 493 g/mol. The molecule has 0 atom stereocenters.